The molecule has 3 aromatic rings. The van der Waals surface area contributed by atoms with Crippen LogP contribution in [0.15, 0.2) is 42.5 Å². The standard InChI is InChI=1S/C19H12ClN3O/c20-11-5-6-16-13(8-11)14(19(24)21-16)9-17-15-7-10-3-1-2-4-12(10)18(15)23-22-17/h1-6,8-9H,7H2,(H,21,24)(H,22,23)/b14-9-. The summed E-state index contributed by atoms with van der Waals surface area (Å²) in [5, 5.41) is 11.0. The summed E-state index contributed by atoms with van der Waals surface area (Å²) in [6, 6.07) is 13.7. The number of anilines is 1. The van der Waals surface area contributed by atoms with Gasteiger partial charge in [-0.05, 0) is 29.8 Å². The highest BCUT2D eigenvalue weighted by molar-refractivity contribution is 6.36. The number of carbonyl (C=O) groups is 1. The monoisotopic (exact) mass is 333 g/mol. The molecule has 0 atom stereocenters. The number of aromatic nitrogens is 2. The number of amides is 1. The molecule has 0 saturated heterocycles. The summed E-state index contributed by atoms with van der Waals surface area (Å²) in [5.41, 5.74) is 7.63. The lowest BCUT2D eigenvalue weighted by Crippen LogP contribution is -2.03. The quantitative estimate of drug-likeness (QED) is 0.515. The zero-order valence-corrected chi connectivity index (χ0v) is 13.3. The van der Waals surface area contributed by atoms with E-state index in [0.29, 0.717) is 10.6 Å². The molecule has 5 rings (SSSR count). The second-order valence-electron chi connectivity index (χ2n) is 6.00. The van der Waals surface area contributed by atoms with E-state index in [1.165, 1.54) is 5.56 Å². The number of benzene rings is 2. The number of hydrogen-bond acceptors (Lipinski definition) is 2. The normalized spacial score (nSPS) is 16.0. The lowest BCUT2D eigenvalue weighted by molar-refractivity contribution is -0.110. The van der Waals surface area contributed by atoms with Crippen LogP contribution >= 0.6 is 11.6 Å². The van der Waals surface area contributed by atoms with Gasteiger partial charge in [0.2, 0.25) is 0 Å². The van der Waals surface area contributed by atoms with Crippen molar-refractivity contribution in [3.8, 4) is 11.3 Å². The van der Waals surface area contributed by atoms with Crippen LogP contribution < -0.4 is 5.32 Å². The van der Waals surface area contributed by atoms with E-state index >= 15 is 0 Å². The molecule has 1 aliphatic heterocycles. The summed E-state index contributed by atoms with van der Waals surface area (Å²) in [6.45, 7) is 0. The Labute approximate surface area is 143 Å². The van der Waals surface area contributed by atoms with Gasteiger partial charge in [-0.15, -0.1) is 0 Å². The number of fused-ring (bicyclic) bond motifs is 4. The van der Waals surface area contributed by atoms with Crippen LogP contribution in [0.4, 0.5) is 5.69 Å². The van der Waals surface area contributed by atoms with Crippen LogP contribution in [-0.4, -0.2) is 16.1 Å². The molecule has 4 nitrogen and oxygen atoms in total. The number of nitrogens with one attached hydrogen (secondary N) is 2. The Morgan fingerprint density at radius 1 is 1.12 bits per heavy atom. The maximum Gasteiger partial charge on any atom is 0.256 e. The predicted octanol–water partition coefficient (Wildman–Crippen LogP) is 4.13. The highest BCUT2D eigenvalue weighted by atomic mass is 35.5. The van der Waals surface area contributed by atoms with E-state index in [1.807, 2.05) is 30.3 Å². The Morgan fingerprint density at radius 3 is 2.92 bits per heavy atom. The lowest BCUT2D eigenvalue weighted by atomic mass is 10.0. The summed E-state index contributed by atoms with van der Waals surface area (Å²) in [5.74, 6) is -0.119. The molecule has 116 valence electrons. The second-order valence-corrected chi connectivity index (χ2v) is 6.44. The Hall–Kier alpha value is -2.85. The average Bonchev–Trinajstić information content (AvgIpc) is 3.22. The second kappa shape index (κ2) is 4.82. The Balaban J connectivity index is 1.63. The molecule has 2 aromatic carbocycles. The van der Waals surface area contributed by atoms with E-state index in [-0.39, 0.29) is 5.91 Å². The van der Waals surface area contributed by atoms with Gasteiger partial charge < -0.3 is 5.32 Å². The lowest BCUT2D eigenvalue weighted by Gasteiger charge is -2.00. The Kier molecular flexibility index (Phi) is 2.73. The van der Waals surface area contributed by atoms with Gasteiger partial charge in [-0.3, -0.25) is 9.89 Å². The fourth-order valence-electron chi connectivity index (χ4n) is 3.44. The summed E-state index contributed by atoms with van der Waals surface area (Å²) < 4.78 is 0. The summed E-state index contributed by atoms with van der Waals surface area (Å²) in [4.78, 5) is 12.3. The van der Waals surface area contributed by atoms with E-state index < -0.39 is 0 Å². The number of nitrogens with zero attached hydrogens (tertiary/aromatic N) is 1. The van der Waals surface area contributed by atoms with Crippen molar-refractivity contribution in [3.63, 3.8) is 0 Å². The van der Waals surface area contributed by atoms with Gasteiger partial charge >= 0.3 is 0 Å². The minimum Gasteiger partial charge on any atom is -0.321 e. The van der Waals surface area contributed by atoms with Crippen molar-refractivity contribution in [3.05, 3.63) is 69.9 Å². The van der Waals surface area contributed by atoms with E-state index in [1.54, 1.807) is 6.07 Å². The van der Waals surface area contributed by atoms with Crippen molar-refractivity contribution >= 4 is 34.8 Å². The predicted molar refractivity (Wildman–Crippen MR) is 94.8 cm³/mol. The van der Waals surface area contributed by atoms with Gasteiger partial charge in [0.05, 0.1) is 17.0 Å². The van der Waals surface area contributed by atoms with Crippen LogP contribution in [0.25, 0.3) is 22.9 Å². The van der Waals surface area contributed by atoms with Gasteiger partial charge in [-0.1, -0.05) is 35.9 Å². The molecule has 2 N–H and O–H groups in total. The van der Waals surface area contributed by atoms with Gasteiger partial charge in [0.1, 0.15) is 0 Å². The number of halogens is 1. The van der Waals surface area contributed by atoms with Gasteiger partial charge in [-0.2, -0.15) is 5.10 Å². The topological polar surface area (TPSA) is 57.8 Å². The molecular formula is C19H12ClN3O. The third-order valence-corrected chi connectivity index (χ3v) is 4.83. The molecule has 0 bridgehead atoms. The van der Waals surface area contributed by atoms with Crippen LogP contribution in [0.2, 0.25) is 5.02 Å². The number of rotatable bonds is 1. The van der Waals surface area contributed by atoms with E-state index in [4.69, 9.17) is 11.6 Å². The van der Waals surface area contributed by atoms with Crippen molar-refractivity contribution in [2.75, 3.05) is 5.32 Å². The highest BCUT2D eigenvalue weighted by Crippen LogP contribution is 2.39. The molecule has 0 spiro atoms. The van der Waals surface area contributed by atoms with E-state index in [9.17, 15) is 4.79 Å². The van der Waals surface area contributed by atoms with Crippen molar-refractivity contribution < 1.29 is 4.79 Å². The molecule has 24 heavy (non-hydrogen) atoms. The van der Waals surface area contributed by atoms with Crippen molar-refractivity contribution in [2.24, 2.45) is 0 Å². The molecule has 0 radical (unpaired) electrons. The molecule has 0 unspecified atom stereocenters. The maximum absolute atomic E-state index is 12.3. The first-order chi connectivity index (χ1) is 11.7. The molecule has 2 heterocycles. The van der Waals surface area contributed by atoms with Gasteiger partial charge in [0, 0.05) is 33.8 Å². The van der Waals surface area contributed by atoms with Gasteiger partial charge in [0.25, 0.3) is 5.91 Å². The van der Waals surface area contributed by atoms with Crippen LogP contribution in [0.3, 0.4) is 0 Å². The van der Waals surface area contributed by atoms with E-state index in [0.717, 1.165) is 40.2 Å². The smallest absolute Gasteiger partial charge is 0.256 e. The summed E-state index contributed by atoms with van der Waals surface area (Å²) in [6.07, 6.45) is 2.69. The number of carbonyl (C=O) groups excluding carboxylic acids is 1. The third-order valence-electron chi connectivity index (χ3n) is 4.59. The van der Waals surface area contributed by atoms with Crippen LogP contribution in [0.1, 0.15) is 22.4 Å². The molecule has 2 aliphatic rings. The fraction of sp³-hybridized carbons (Fsp3) is 0.0526. The van der Waals surface area contributed by atoms with Crippen LogP contribution in [0.5, 0.6) is 0 Å². The van der Waals surface area contributed by atoms with Crippen LogP contribution in [-0.2, 0) is 11.2 Å². The Bertz CT molecular complexity index is 1050. The van der Waals surface area contributed by atoms with Crippen LogP contribution in [0, 0.1) is 0 Å². The SMILES string of the molecule is O=C1Nc2ccc(Cl)cc2/C1=C/c1[nH]nc2c1Cc1ccccc1-2. The molecule has 1 aromatic heterocycles. The van der Waals surface area contributed by atoms with Crippen molar-refractivity contribution in [2.45, 2.75) is 6.42 Å². The van der Waals surface area contributed by atoms with E-state index in [2.05, 4.69) is 27.6 Å². The minimum atomic E-state index is -0.119. The largest absolute Gasteiger partial charge is 0.321 e. The zero-order chi connectivity index (χ0) is 16.3. The first kappa shape index (κ1) is 13.6. The third kappa shape index (κ3) is 1.87. The highest BCUT2D eigenvalue weighted by Gasteiger charge is 2.27. The Morgan fingerprint density at radius 2 is 2.00 bits per heavy atom. The molecule has 1 amide bonds. The number of aromatic amines is 1. The first-order valence-corrected chi connectivity index (χ1v) is 8.07. The maximum atomic E-state index is 12.3. The molecular weight excluding hydrogens is 322 g/mol. The minimum absolute atomic E-state index is 0.119. The summed E-state index contributed by atoms with van der Waals surface area (Å²) >= 11 is 6.09. The number of hydrogen-bond donors (Lipinski definition) is 2. The first-order valence-electron chi connectivity index (χ1n) is 7.69. The fourth-order valence-corrected chi connectivity index (χ4v) is 3.62. The van der Waals surface area contributed by atoms with Crippen molar-refractivity contribution in [1.29, 1.82) is 0 Å². The van der Waals surface area contributed by atoms with Crippen molar-refractivity contribution in [1.82, 2.24) is 10.2 Å². The molecule has 0 saturated carbocycles. The summed E-state index contributed by atoms with van der Waals surface area (Å²) in [7, 11) is 0. The zero-order valence-electron chi connectivity index (χ0n) is 12.6. The van der Waals surface area contributed by atoms with Gasteiger partial charge in [-0.25, -0.2) is 0 Å². The number of H-pyrrole nitrogens is 1. The molecule has 5 heteroatoms. The van der Waals surface area contributed by atoms with Gasteiger partial charge in [0.15, 0.2) is 0 Å². The molecule has 0 fully saturated rings. The molecule has 1 aliphatic carbocycles. The average molecular weight is 334 g/mol.